The highest BCUT2D eigenvalue weighted by molar-refractivity contribution is 8.00. The van der Waals surface area contributed by atoms with E-state index in [1.807, 2.05) is 35.7 Å². The maximum absolute atomic E-state index is 10.9. The molecule has 0 amide bonds. The van der Waals surface area contributed by atoms with Crippen molar-refractivity contribution >= 4 is 40.4 Å². The maximum atomic E-state index is 10.9. The van der Waals surface area contributed by atoms with Crippen molar-refractivity contribution in [1.82, 2.24) is 19.7 Å². The minimum absolute atomic E-state index is 0.0712. The number of carboxylic acid groups (broad SMARTS) is 1. The molecule has 0 atom stereocenters. The molecule has 28 heavy (non-hydrogen) atoms. The zero-order valence-electron chi connectivity index (χ0n) is 14.7. The van der Waals surface area contributed by atoms with E-state index in [2.05, 4.69) is 31.9 Å². The van der Waals surface area contributed by atoms with Crippen molar-refractivity contribution in [2.24, 2.45) is 0 Å². The van der Waals surface area contributed by atoms with Gasteiger partial charge in [-0.15, -0.1) is 32.9 Å². The van der Waals surface area contributed by atoms with Gasteiger partial charge in [0.05, 0.1) is 17.0 Å². The number of carbonyl (C=O) groups is 1. The third-order valence-electron chi connectivity index (χ3n) is 3.97. The number of thiazole rings is 1. The van der Waals surface area contributed by atoms with Crippen LogP contribution < -0.4 is 0 Å². The number of benzene rings is 1. The molecule has 0 aliphatic carbocycles. The van der Waals surface area contributed by atoms with E-state index in [4.69, 9.17) is 5.11 Å². The summed E-state index contributed by atoms with van der Waals surface area (Å²) in [5, 5.41) is 22.3. The molecule has 4 rings (SSSR count). The molecule has 3 aromatic heterocycles. The Balaban J connectivity index is 1.59. The van der Waals surface area contributed by atoms with Gasteiger partial charge in [-0.25, -0.2) is 4.98 Å². The second kappa shape index (κ2) is 8.68. The van der Waals surface area contributed by atoms with Gasteiger partial charge in [-0.05, 0) is 35.2 Å². The molecule has 0 aliphatic rings. The molecule has 9 heteroatoms. The highest BCUT2D eigenvalue weighted by Gasteiger charge is 2.17. The van der Waals surface area contributed by atoms with Crippen LogP contribution in [0.2, 0.25) is 0 Å². The average molecular weight is 429 g/mol. The van der Waals surface area contributed by atoms with Crippen LogP contribution >= 0.6 is 34.4 Å². The highest BCUT2D eigenvalue weighted by Crippen LogP contribution is 2.33. The van der Waals surface area contributed by atoms with Crippen LogP contribution in [-0.2, 0) is 24.2 Å². The van der Waals surface area contributed by atoms with Gasteiger partial charge in [-0.3, -0.25) is 4.79 Å². The van der Waals surface area contributed by atoms with Gasteiger partial charge in [0.25, 0.3) is 0 Å². The van der Waals surface area contributed by atoms with Gasteiger partial charge in [-0.2, -0.15) is 0 Å². The Bertz CT molecular complexity index is 1060. The van der Waals surface area contributed by atoms with Crippen molar-refractivity contribution in [1.29, 1.82) is 0 Å². The van der Waals surface area contributed by atoms with Gasteiger partial charge in [-0.1, -0.05) is 36.4 Å². The lowest BCUT2D eigenvalue weighted by Gasteiger charge is -2.09. The molecule has 0 bridgehead atoms. The second-order valence-corrected chi connectivity index (χ2v) is 8.97. The van der Waals surface area contributed by atoms with E-state index >= 15 is 0 Å². The molecule has 142 valence electrons. The van der Waals surface area contributed by atoms with Crippen LogP contribution in [0.5, 0.6) is 0 Å². The summed E-state index contributed by atoms with van der Waals surface area (Å²) in [5.74, 6) is -0.0383. The van der Waals surface area contributed by atoms with Crippen LogP contribution in [0.25, 0.3) is 10.7 Å². The normalized spacial score (nSPS) is 11.0. The van der Waals surface area contributed by atoms with Crippen molar-refractivity contribution in [3.8, 4) is 10.7 Å². The molecule has 0 radical (unpaired) electrons. The fourth-order valence-electron chi connectivity index (χ4n) is 2.69. The molecule has 3 heterocycles. The van der Waals surface area contributed by atoms with Crippen LogP contribution in [0.1, 0.15) is 11.3 Å². The minimum atomic E-state index is -0.882. The Kier molecular flexibility index (Phi) is 5.84. The smallest absolute Gasteiger partial charge is 0.309 e. The van der Waals surface area contributed by atoms with Crippen LogP contribution in [0.3, 0.4) is 0 Å². The average Bonchev–Trinajstić information content (AvgIpc) is 3.42. The molecular weight excluding hydrogens is 412 g/mol. The summed E-state index contributed by atoms with van der Waals surface area (Å²) < 4.78 is 2.88. The zero-order valence-corrected chi connectivity index (χ0v) is 17.1. The summed E-state index contributed by atoms with van der Waals surface area (Å²) in [7, 11) is 0. The van der Waals surface area contributed by atoms with Gasteiger partial charge in [0.2, 0.25) is 0 Å². The summed E-state index contributed by atoms with van der Waals surface area (Å²) >= 11 is 4.48. The van der Waals surface area contributed by atoms with Gasteiger partial charge < -0.3 is 9.67 Å². The van der Waals surface area contributed by atoms with E-state index in [0.717, 1.165) is 33.2 Å². The maximum Gasteiger partial charge on any atom is 0.309 e. The summed E-state index contributed by atoms with van der Waals surface area (Å²) in [5.41, 5.74) is 1.82. The SMILES string of the molecule is O=C(O)Cc1csc(Sc2nnc(-c3cccs3)n2CCc2ccccc2)n1. The minimum Gasteiger partial charge on any atom is -0.481 e. The lowest BCUT2D eigenvalue weighted by Crippen LogP contribution is -2.05. The topological polar surface area (TPSA) is 80.9 Å². The Morgan fingerprint density at radius 1 is 1.11 bits per heavy atom. The van der Waals surface area contributed by atoms with Crippen molar-refractivity contribution in [2.45, 2.75) is 28.9 Å². The van der Waals surface area contributed by atoms with Crippen LogP contribution in [0, 0.1) is 0 Å². The van der Waals surface area contributed by atoms with Gasteiger partial charge in [0.15, 0.2) is 15.3 Å². The lowest BCUT2D eigenvalue weighted by molar-refractivity contribution is -0.136. The predicted octanol–water partition coefficient (Wildman–Crippen LogP) is 4.48. The number of nitrogens with zero attached hydrogens (tertiary/aromatic N) is 4. The molecule has 4 aromatic rings. The van der Waals surface area contributed by atoms with Crippen LogP contribution in [-0.4, -0.2) is 30.8 Å². The largest absolute Gasteiger partial charge is 0.481 e. The lowest BCUT2D eigenvalue weighted by atomic mass is 10.1. The first kappa shape index (κ1) is 18.9. The Morgan fingerprint density at radius 2 is 1.96 bits per heavy atom. The highest BCUT2D eigenvalue weighted by atomic mass is 32.2. The van der Waals surface area contributed by atoms with Crippen LogP contribution in [0.15, 0.2) is 62.7 Å². The van der Waals surface area contributed by atoms with E-state index in [0.29, 0.717) is 5.69 Å². The number of aromatic nitrogens is 4. The number of rotatable bonds is 8. The molecule has 0 saturated heterocycles. The number of aryl methyl sites for hydroxylation is 1. The molecule has 0 saturated carbocycles. The zero-order chi connectivity index (χ0) is 19.3. The van der Waals surface area contributed by atoms with Crippen molar-refractivity contribution < 1.29 is 9.90 Å². The van der Waals surface area contributed by atoms with E-state index in [1.54, 1.807) is 16.7 Å². The number of aliphatic carboxylic acids is 1. The Labute approximate surface area is 173 Å². The third-order valence-corrected chi connectivity index (χ3v) is 6.80. The summed E-state index contributed by atoms with van der Waals surface area (Å²) in [6, 6.07) is 14.4. The molecule has 0 unspecified atom stereocenters. The van der Waals surface area contributed by atoms with Crippen molar-refractivity contribution in [3.05, 3.63) is 64.5 Å². The van der Waals surface area contributed by atoms with E-state index in [-0.39, 0.29) is 6.42 Å². The molecule has 6 nitrogen and oxygen atoms in total. The monoisotopic (exact) mass is 428 g/mol. The van der Waals surface area contributed by atoms with Gasteiger partial charge in [0, 0.05) is 11.9 Å². The molecule has 1 N–H and O–H groups in total. The van der Waals surface area contributed by atoms with Gasteiger partial charge in [0.1, 0.15) is 0 Å². The van der Waals surface area contributed by atoms with E-state index < -0.39 is 5.97 Å². The summed E-state index contributed by atoms with van der Waals surface area (Å²) in [4.78, 5) is 16.3. The summed E-state index contributed by atoms with van der Waals surface area (Å²) in [6.45, 7) is 0.750. The number of hydrogen-bond acceptors (Lipinski definition) is 7. The van der Waals surface area contributed by atoms with E-state index in [1.165, 1.54) is 28.7 Å². The fourth-order valence-corrected chi connectivity index (χ4v) is 5.20. The molecule has 0 fully saturated rings. The summed E-state index contributed by atoms with van der Waals surface area (Å²) in [6.07, 6.45) is 0.797. The fraction of sp³-hybridized carbons (Fsp3) is 0.158. The van der Waals surface area contributed by atoms with Crippen molar-refractivity contribution in [2.75, 3.05) is 0 Å². The number of carboxylic acids is 1. The first-order chi connectivity index (χ1) is 13.7. The van der Waals surface area contributed by atoms with Crippen LogP contribution in [0.4, 0.5) is 0 Å². The third kappa shape index (κ3) is 4.49. The van der Waals surface area contributed by atoms with Gasteiger partial charge >= 0.3 is 5.97 Å². The first-order valence-corrected chi connectivity index (χ1v) is 11.1. The van der Waals surface area contributed by atoms with Crippen molar-refractivity contribution in [3.63, 3.8) is 0 Å². The predicted molar refractivity (Wildman–Crippen MR) is 111 cm³/mol. The molecule has 0 spiro atoms. The Morgan fingerprint density at radius 3 is 2.71 bits per heavy atom. The quantitative estimate of drug-likeness (QED) is 0.445. The Hall–Kier alpha value is -2.49. The number of hydrogen-bond donors (Lipinski definition) is 1. The first-order valence-electron chi connectivity index (χ1n) is 8.54. The molecule has 0 aliphatic heterocycles. The standard InChI is InChI=1S/C19H16N4O2S3/c24-16(25)11-14-12-27-19(20-14)28-18-22-21-17(15-7-4-10-26-15)23(18)9-8-13-5-2-1-3-6-13/h1-7,10,12H,8-9,11H2,(H,24,25). The molecule has 1 aromatic carbocycles. The second-order valence-electron chi connectivity index (χ2n) is 5.95. The molecular formula is C19H16N4O2S3. The van der Waals surface area contributed by atoms with E-state index in [9.17, 15) is 4.79 Å². The number of thiophene rings is 1.